The van der Waals surface area contributed by atoms with E-state index in [4.69, 9.17) is 4.74 Å². The van der Waals surface area contributed by atoms with Crippen molar-refractivity contribution in [2.24, 2.45) is 5.92 Å². The molecule has 0 radical (unpaired) electrons. The average molecular weight is 299 g/mol. The predicted molar refractivity (Wildman–Crippen MR) is 79.3 cm³/mol. The van der Waals surface area contributed by atoms with Crippen LogP contribution >= 0.6 is 0 Å². The predicted octanol–water partition coefficient (Wildman–Crippen LogP) is 4.68. The molecular weight excluding hydrogens is 276 g/mol. The Morgan fingerprint density at radius 3 is 2.67 bits per heavy atom. The minimum Gasteiger partial charge on any atom is -0.497 e. The summed E-state index contributed by atoms with van der Waals surface area (Å²) in [6, 6.07) is 4.82. The van der Waals surface area contributed by atoms with Gasteiger partial charge in [-0.05, 0) is 24.5 Å². The molecule has 0 aromatic heterocycles. The first-order valence-corrected chi connectivity index (χ1v) is 7.55. The van der Waals surface area contributed by atoms with Gasteiger partial charge in [0.05, 0.1) is 12.8 Å². The third-order valence-corrected chi connectivity index (χ3v) is 4.00. The molecule has 1 saturated carbocycles. The van der Waals surface area contributed by atoms with Gasteiger partial charge >= 0.3 is 6.61 Å². The van der Waals surface area contributed by atoms with Crippen molar-refractivity contribution < 1.29 is 18.3 Å². The Labute approximate surface area is 124 Å². The van der Waals surface area contributed by atoms with Gasteiger partial charge in [-0.15, -0.1) is 0 Å². The van der Waals surface area contributed by atoms with Crippen LogP contribution in [0.15, 0.2) is 18.2 Å². The molecule has 1 fully saturated rings. The molecule has 2 rings (SSSR count). The van der Waals surface area contributed by atoms with Crippen LogP contribution in [0.4, 0.5) is 14.5 Å². The van der Waals surface area contributed by atoms with Crippen molar-refractivity contribution in [3.63, 3.8) is 0 Å². The van der Waals surface area contributed by atoms with Crippen molar-refractivity contribution in [2.75, 3.05) is 19.0 Å². The summed E-state index contributed by atoms with van der Waals surface area (Å²) >= 11 is 0. The summed E-state index contributed by atoms with van der Waals surface area (Å²) < 4.78 is 34.5. The molecule has 0 spiro atoms. The Morgan fingerprint density at radius 1 is 1.24 bits per heavy atom. The Hall–Kier alpha value is -1.52. The molecule has 21 heavy (non-hydrogen) atoms. The summed E-state index contributed by atoms with van der Waals surface area (Å²) in [5, 5.41) is 3.20. The van der Waals surface area contributed by atoms with Crippen LogP contribution < -0.4 is 14.8 Å². The maximum Gasteiger partial charge on any atom is 0.387 e. The number of nitrogens with one attached hydrogen (secondary N) is 1. The molecule has 0 aliphatic heterocycles. The van der Waals surface area contributed by atoms with Gasteiger partial charge in [0.15, 0.2) is 0 Å². The highest BCUT2D eigenvalue weighted by Gasteiger charge is 2.14. The lowest BCUT2D eigenvalue weighted by Gasteiger charge is -2.22. The minimum atomic E-state index is -2.82. The van der Waals surface area contributed by atoms with Crippen molar-refractivity contribution in [1.82, 2.24) is 0 Å². The van der Waals surface area contributed by atoms with E-state index in [0.717, 1.165) is 18.9 Å². The van der Waals surface area contributed by atoms with Gasteiger partial charge < -0.3 is 14.8 Å². The van der Waals surface area contributed by atoms with E-state index in [-0.39, 0.29) is 5.75 Å². The van der Waals surface area contributed by atoms with Gasteiger partial charge in [0, 0.05) is 12.6 Å². The number of halogens is 2. The number of hydrogen-bond acceptors (Lipinski definition) is 3. The monoisotopic (exact) mass is 299 g/mol. The zero-order chi connectivity index (χ0) is 15.1. The molecule has 0 bridgehead atoms. The summed E-state index contributed by atoms with van der Waals surface area (Å²) in [4.78, 5) is 0. The largest absolute Gasteiger partial charge is 0.497 e. The molecule has 0 saturated heterocycles. The highest BCUT2D eigenvalue weighted by molar-refractivity contribution is 5.59. The quantitative estimate of drug-likeness (QED) is 0.793. The molecule has 0 unspecified atom stereocenters. The molecule has 1 aromatic carbocycles. The molecule has 118 valence electrons. The van der Waals surface area contributed by atoms with E-state index in [1.165, 1.54) is 38.2 Å². The van der Waals surface area contributed by atoms with Crippen LogP contribution in [0, 0.1) is 5.92 Å². The lowest BCUT2D eigenvalue weighted by Crippen LogP contribution is -2.13. The molecule has 1 aliphatic rings. The maximum absolute atomic E-state index is 12.4. The van der Waals surface area contributed by atoms with Crippen LogP contribution in [0.2, 0.25) is 0 Å². The van der Waals surface area contributed by atoms with Crippen LogP contribution in [0.5, 0.6) is 11.5 Å². The van der Waals surface area contributed by atoms with Crippen LogP contribution in [0.1, 0.15) is 38.5 Å². The molecule has 3 nitrogen and oxygen atoms in total. The first-order chi connectivity index (χ1) is 10.2. The second-order valence-electron chi connectivity index (χ2n) is 5.46. The van der Waals surface area contributed by atoms with E-state index in [0.29, 0.717) is 11.4 Å². The number of anilines is 1. The van der Waals surface area contributed by atoms with E-state index in [2.05, 4.69) is 10.1 Å². The van der Waals surface area contributed by atoms with Crippen molar-refractivity contribution in [1.29, 1.82) is 0 Å². The standard InChI is InChI=1S/C16H23F2NO2/c1-20-13-7-8-15(21-16(17)18)14(11-13)19-10-9-12-5-3-2-4-6-12/h7-8,11-12,16,19H,2-6,9-10H2,1H3. The Bertz CT molecular complexity index is 434. The summed E-state index contributed by atoms with van der Waals surface area (Å²) in [7, 11) is 1.55. The van der Waals surface area contributed by atoms with E-state index >= 15 is 0 Å². The molecule has 0 atom stereocenters. The Balaban J connectivity index is 1.92. The number of benzene rings is 1. The maximum atomic E-state index is 12.4. The Kier molecular flexibility index (Phi) is 6.08. The topological polar surface area (TPSA) is 30.5 Å². The van der Waals surface area contributed by atoms with Crippen LogP contribution in [0.3, 0.4) is 0 Å². The van der Waals surface area contributed by atoms with Crippen LogP contribution in [-0.2, 0) is 0 Å². The molecule has 0 heterocycles. The summed E-state index contributed by atoms with van der Waals surface area (Å²) in [6.07, 6.45) is 7.57. The van der Waals surface area contributed by atoms with Gasteiger partial charge in [-0.2, -0.15) is 8.78 Å². The Morgan fingerprint density at radius 2 is 2.00 bits per heavy atom. The number of rotatable bonds is 7. The van der Waals surface area contributed by atoms with Gasteiger partial charge in [0.2, 0.25) is 0 Å². The van der Waals surface area contributed by atoms with Crippen molar-refractivity contribution in [2.45, 2.75) is 45.1 Å². The highest BCUT2D eigenvalue weighted by Crippen LogP contribution is 2.31. The van der Waals surface area contributed by atoms with Crippen LogP contribution in [0.25, 0.3) is 0 Å². The van der Waals surface area contributed by atoms with Crippen molar-refractivity contribution in [3.8, 4) is 11.5 Å². The fourth-order valence-corrected chi connectivity index (χ4v) is 2.86. The van der Waals surface area contributed by atoms with E-state index in [1.807, 2.05) is 0 Å². The minimum absolute atomic E-state index is 0.162. The lowest BCUT2D eigenvalue weighted by molar-refractivity contribution is -0.0494. The van der Waals surface area contributed by atoms with Crippen molar-refractivity contribution >= 4 is 5.69 Å². The van der Waals surface area contributed by atoms with Crippen molar-refractivity contribution in [3.05, 3.63) is 18.2 Å². The zero-order valence-corrected chi connectivity index (χ0v) is 12.4. The molecule has 5 heteroatoms. The van der Waals surface area contributed by atoms with Gasteiger partial charge in [-0.1, -0.05) is 32.1 Å². The first kappa shape index (κ1) is 15.9. The summed E-state index contributed by atoms with van der Waals surface area (Å²) in [5.74, 6) is 1.53. The first-order valence-electron chi connectivity index (χ1n) is 7.55. The molecule has 1 aliphatic carbocycles. The van der Waals surface area contributed by atoms with Gasteiger partial charge in [0.25, 0.3) is 0 Å². The zero-order valence-electron chi connectivity index (χ0n) is 12.4. The smallest absolute Gasteiger partial charge is 0.387 e. The fraction of sp³-hybridized carbons (Fsp3) is 0.625. The third-order valence-electron chi connectivity index (χ3n) is 4.00. The average Bonchev–Trinajstić information content (AvgIpc) is 2.49. The molecular formula is C16H23F2NO2. The van der Waals surface area contributed by atoms with Gasteiger partial charge in [0.1, 0.15) is 11.5 Å². The number of hydrogen-bond donors (Lipinski definition) is 1. The van der Waals surface area contributed by atoms with E-state index in [1.54, 1.807) is 19.2 Å². The number of methoxy groups -OCH3 is 1. The van der Waals surface area contributed by atoms with E-state index < -0.39 is 6.61 Å². The highest BCUT2D eigenvalue weighted by atomic mass is 19.3. The third kappa shape index (κ3) is 5.06. The summed E-state index contributed by atoms with van der Waals surface area (Å²) in [5.41, 5.74) is 0.561. The fourth-order valence-electron chi connectivity index (χ4n) is 2.86. The second kappa shape index (κ2) is 8.05. The van der Waals surface area contributed by atoms with Crippen LogP contribution in [-0.4, -0.2) is 20.3 Å². The lowest BCUT2D eigenvalue weighted by atomic mass is 9.87. The SMILES string of the molecule is COc1ccc(OC(F)F)c(NCCC2CCCCC2)c1. The van der Waals surface area contributed by atoms with E-state index in [9.17, 15) is 8.78 Å². The van der Waals surface area contributed by atoms with Gasteiger partial charge in [-0.25, -0.2) is 0 Å². The number of ether oxygens (including phenoxy) is 2. The normalized spacial score (nSPS) is 16.0. The number of alkyl halides is 2. The molecule has 0 amide bonds. The molecule has 1 N–H and O–H groups in total. The summed E-state index contributed by atoms with van der Waals surface area (Å²) in [6.45, 7) is -2.06. The molecule has 1 aromatic rings. The second-order valence-corrected chi connectivity index (χ2v) is 5.46. The van der Waals surface area contributed by atoms with Gasteiger partial charge in [-0.3, -0.25) is 0 Å².